The minimum absolute atomic E-state index is 0.144. The first-order valence-corrected chi connectivity index (χ1v) is 11.7. The number of carbonyl (C=O) groups is 3. The molecule has 2 N–H and O–H groups in total. The summed E-state index contributed by atoms with van der Waals surface area (Å²) >= 11 is 0. The van der Waals surface area contributed by atoms with Crippen molar-refractivity contribution < 1.29 is 29.0 Å². The minimum atomic E-state index is -1.82. The lowest BCUT2D eigenvalue weighted by atomic mass is 9.90. The number of piperidine rings is 2. The molecule has 0 bridgehead atoms. The van der Waals surface area contributed by atoms with E-state index in [9.17, 15) is 9.18 Å². The Balaban J connectivity index is 0.000000481. The summed E-state index contributed by atoms with van der Waals surface area (Å²) < 4.78 is 13.6. The lowest BCUT2D eigenvalue weighted by Gasteiger charge is -2.34. The highest BCUT2D eigenvalue weighted by molar-refractivity contribution is 6.27. The molecule has 7 nitrogen and oxygen atoms in total. The van der Waals surface area contributed by atoms with Gasteiger partial charge in [0.2, 0.25) is 5.91 Å². The molecule has 0 radical (unpaired) electrons. The Kier molecular flexibility index (Phi) is 9.16. The summed E-state index contributed by atoms with van der Waals surface area (Å²) in [6.45, 7) is 3.89. The van der Waals surface area contributed by atoms with E-state index in [1.807, 2.05) is 17.0 Å². The van der Waals surface area contributed by atoms with Gasteiger partial charge < -0.3 is 20.0 Å². The molecule has 2 saturated heterocycles. The number of hydrogen-bond donors (Lipinski definition) is 2. The molecule has 4 rings (SSSR count). The number of rotatable bonds is 5. The third-order valence-corrected chi connectivity index (χ3v) is 6.31. The van der Waals surface area contributed by atoms with Crippen molar-refractivity contribution in [3.63, 3.8) is 0 Å². The highest BCUT2D eigenvalue weighted by Crippen LogP contribution is 2.29. The van der Waals surface area contributed by atoms with Gasteiger partial charge in [0, 0.05) is 31.7 Å². The van der Waals surface area contributed by atoms with Gasteiger partial charge in [0.1, 0.15) is 5.82 Å². The second-order valence-corrected chi connectivity index (χ2v) is 8.69. The highest BCUT2D eigenvalue weighted by Gasteiger charge is 2.24. The summed E-state index contributed by atoms with van der Waals surface area (Å²) in [4.78, 5) is 35.0. The van der Waals surface area contributed by atoms with Crippen LogP contribution in [0.4, 0.5) is 10.1 Å². The molecule has 0 aliphatic carbocycles. The van der Waals surface area contributed by atoms with Crippen LogP contribution in [-0.2, 0) is 20.8 Å². The van der Waals surface area contributed by atoms with Gasteiger partial charge in [-0.25, -0.2) is 14.0 Å². The predicted molar refractivity (Wildman–Crippen MR) is 126 cm³/mol. The molecule has 0 spiro atoms. The average molecular weight is 471 g/mol. The van der Waals surface area contributed by atoms with Gasteiger partial charge in [-0.3, -0.25) is 4.79 Å². The molecule has 2 aliphatic heterocycles. The Morgan fingerprint density at radius 3 is 2.44 bits per heavy atom. The maximum atomic E-state index is 13.6. The minimum Gasteiger partial charge on any atom is -0.473 e. The van der Waals surface area contributed by atoms with E-state index in [1.54, 1.807) is 6.07 Å². The lowest BCUT2D eigenvalue weighted by molar-refractivity contribution is -0.159. The Hall–Kier alpha value is -3.26. The topological polar surface area (TPSA) is 98.1 Å². The van der Waals surface area contributed by atoms with Crippen molar-refractivity contribution in [3.05, 3.63) is 65.5 Å². The quantitative estimate of drug-likeness (QED) is 0.643. The number of amides is 1. The number of aliphatic carboxylic acids is 2. The zero-order valence-electron chi connectivity index (χ0n) is 19.2. The highest BCUT2D eigenvalue weighted by atomic mass is 19.1. The average Bonchev–Trinajstić information content (AvgIpc) is 2.84. The van der Waals surface area contributed by atoms with Crippen LogP contribution in [0.1, 0.15) is 49.1 Å². The number of halogens is 1. The van der Waals surface area contributed by atoms with Crippen molar-refractivity contribution >= 4 is 23.5 Å². The van der Waals surface area contributed by atoms with Crippen molar-refractivity contribution in [2.24, 2.45) is 0 Å². The normalized spacial score (nSPS) is 18.7. The molecule has 0 aromatic heterocycles. The summed E-state index contributed by atoms with van der Waals surface area (Å²) in [5, 5.41) is 14.8. The Bertz CT molecular complexity index is 1000. The number of carbonyl (C=O) groups excluding carboxylic acids is 1. The van der Waals surface area contributed by atoms with E-state index in [4.69, 9.17) is 19.8 Å². The summed E-state index contributed by atoms with van der Waals surface area (Å²) in [6.07, 6.45) is 5.96. The van der Waals surface area contributed by atoms with Crippen LogP contribution in [0, 0.1) is 5.82 Å². The van der Waals surface area contributed by atoms with Gasteiger partial charge in [-0.2, -0.15) is 0 Å². The molecule has 2 aliphatic rings. The molecule has 1 amide bonds. The van der Waals surface area contributed by atoms with Crippen LogP contribution < -0.4 is 4.90 Å². The lowest BCUT2D eigenvalue weighted by Crippen LogP contribution is -2.37. The van der Waals surface area contributed by atoms with E-state index in [2.05, 4.69) is 29.2 Å². The van der Waals surface area contributed by atoms with E-state index in [1.165, 1.54) is 11.6 Å². The summed E-state index contributed by atoms with van der Waals surface area (Å²) in [5.74, 6) is -3.13. The molecular weight excluding hydrogens is 439 g/mol. The fourth-order valence-corrected chi connectivity index (χ4v) is 4.62. The van der Waals surface area contributed by atoms with Crippen LogP contribution in [-0.4, -0.2) is 59.1 Å². The first-order chi connectivity index (χ1) is 16.3. The third-order valence-electron chi connectivity index (χ3n) is 6.31. The number of carboxylic acid groups (broad SMARTS) is 2. The largest absolute Gasteiger partial charge is 0.473 e. The predicted octanol–water partition coefficient (Wildman–Crippen LogP) is 3.92. The molecule has 1 atom stereocenters. The van der Waals surface area contributed by atoms with Crippen LogP contribution in [0.15, 0.2) is 48.5 Å². The molecule has 1 unspecified atom stereocenters. The van der Waals surface area contributed by atoms with Gasteiger partial charge in [0.05, 0.1) is 0 Å². The van der Waals surface area contributed by atoms with Crippen LogP contribution in [0.2, 0.25) is 0 Å². The number of anilines is 1. The van der Waals surface area contributed by atoms with Crippen LogP contribution >= 0.6 is 0 Å². The fraction of sp³-hybridized carbons (Fsp3) is 0.423. The third kappa shape index (κ3) is 7.12. The maximum absolute atomic E-state index is 13.6. The van der Waals surface area contributed by atoms with Gasteiger partial charge in [0.15, 0.2) is 0 Å². The number of benzene rings is 2. The molecular formula is C26H31FN2O5. The van der Waals surface area contributed by atoms with E-state index < -0.39 is 11.9 Å². The number of hydrogen-bond acceptors (Lipinski definition) is 4. The van der Waals surface area contributed by atoms with Crippen molar-refractivity contribution in [1.29, 1.82) is 0 Å². The second-order valence-electron chi connectivity index (χ2n) is 8.69. The summed E-state index contributed by atoms with van der Waals surface area (Å²) in [7, 11) is 0. The number of para-hydroxylation sites is 1. The molecule has 0 saturated carbocycles. The van der Waals surface area contributed by atoms with E-state index >= 15 is 0 Å². The molecule has 2 heterocycles. The molecule has 2 aromatic rings. The van der Waals surface area contributed by atoms with Gasteiger partial charge in [0.25, 0.3) is 0 Å². The number of carboxylic acids is 2. The summed E-state index contributed by atoms with van der Waals surface area (Å²) in [5.41, 5.74) is 3.46. The molecule has 8 heteroatoms. The van der Waals surface area contributed by atoms with E-state index in [0.717, 1.165) is 69.5 Å². The van der Waals surface area contributed by atoms with Gasteiger partial charge in [-0.05, 0) is 73.9 Å². The van der Waals surface area contributed by atoms with Gasteiger partial charge >= 0.3 is 11.9 Å². The standard InChI is InChI=1S/C24H29FN2O.C2H2O4/c25-22-10-5-8-20(17-22)21-9-6-14-26(18-21)16-13-19-7-1-2-11-23(19)27-15-4-3-12-24(27)28;3-1(4)2(5)6/h1-2,5,7-8,10-11,17,21H,3-4,6,9,12-16,18H2;(H,3,4)(H,5,6). The SMILES string of the molecule is O=C(O)C(=O)O.O=C1CCCCN1c1ccccc1CCN1CCCC(c2cccc(F)c2)C1. The van der Waals surface area contributed by atoms with Crippen molar-refractivity contribution in [2.45, 2.75) is 44.4 Å². The van der Waals surface area contributed by atoms with Crippen LogP contribution in [0.5, 0.6) is 0 Å². The Morgan fingerprint density at radius 2 is 1.74 bits per heavy atom. The number of likely N-dealkylation sites (tertiary alicyclic amines) is 1. The molecule has 34 heavy (non-hydrogen) atoms. The molecule has 2 fully saturated rings. The van der Waals surface area contributed by atoms with Crippen molar-refractivity contribution in [1.82, 2.24) is 4.90 Å². The van der Waals surface area contributed by atoms with Crippen LogP contribution in [0.25, 0.3) is 0 Å². The Morgan fingerprint density at radius 1 is 0.971 bits per heavy atom. The first-order valence-electron chi connectivity index (χ1n) is 11.7. The smallest absolute Gasteiger partial charge is 0.414 e. The maximum Gasteiger partial charge on any atom is 0.414 e. The molecule has 182 valence electrons. The first kappa shape index (κ1) is 25.4. The summed E-state index contributed by atoms with van der Waals surface area (Å²) in [6, 6.07) is 15.4. The number of nitrogens with zero attached hydrogens (tertiary/aromatic N) is 2. The van der Waals surface area contributed by atoms with Gasteiger partial charge in [-0.15, -0.1) is 0 Å². The van der Waals surface area contributed by atoms with Gasteiger partial charge in [-0.1, -0.05) is 30.3 Å². The second kappa shape index (κ2) is 12.3. The fourth-order valence-electron chi connectivity index (χ4n) is 4.62. The van der Waals surface area contributed by atoms with Crippen molar-refractivity contribution in [3.8, 4) is 0 Å². The zero-order valence-corrected chi connectivity index (χ0v) is 19.2. The van der Waals surface area contributed by atoms with E-state index in [0.29, 0.717) is 12.3 Å². The molecule has 2 aromatic carbocycles. The van der Waals surface area contributed by atoms with Crippen molar-refractivity contribution in [2.75, 3.05) is 31.1 Å². The van der Waals surface area contributed by atoms with Crippen LogP contribution in [0.3, 0.4) is 0 Å². The van der Waals surface area contributed by atoms with E-state index in [-0.39, 0.29) is 11.7 Å². The zero-order chi connectivity index (χ0) is 24.5. The Labute approximate surface area is 198 Å². The monoisotopic (exact) mass is 470 g/mol.